The molecule has 0 nitrogen and oxygen atoms in total. The van der Waals surface area contributed by atoms with E-state index in [0.29, 0.717) is 0 Å². The molecule has 0 aromatic rings. The number of hydrogen-bond donors (Lipinski definition) is 0. The summed E-state index contributed by atoms with van der Waals surface area (Å²) in [6, 6.07) is 0. The average Bonchev–Trinajstić information content (AvgIpc) is 2.01. The number of allylic oxidation sites excluding steroid dienone is 4. The molecule has 0 N–H and O–H groups in total. The molecule has 0 aliphatic heterocycles. The van der Waals surface area contributed by atoms with Crippen molar-refractivity contribution in [2.75, 3.05) is 6.26 Å². The van der Waals surface area contributed by atoms with Gasteiger partial charge in [0.05, 0.1) is 4.86 Å². The SMILES string of the molecule is C=CC1=C(SC)C(=CC)C1=S. The Morgan fingerprint density at radius 1 is 1.55 bits per heavy atom. The predicted octanol–water partition coefficient (Wildman–Crippen LogP) is 3.12. The summed E-state index contributed by atoms with van der Waals surface area (Å²) in [6.07, 6.45) is 5.95. The molecule has 0 radical (unpaired) electrons. The molecule has 58 valence electrons. The van der Waals surface area contributed by atoms with Crippen LogP contribution in [0.25, 0.3) is 0 Å². The zero-order valence-corrected chi connectivity index (χ0v) is 8.31. The van der Waals surface area contributed by atoms with Gasteiger partial charge in [0.2, 0.25) is 0 Å². The van der Waals surface area contributed by atoms with Gasteiger partial charge in [-0.15, -0.1) is 11.8 Å². The zero-order valence-electron chi connectivity index (χ0n) is 6.68. The lowest BCUT2D eigenvalue weighted by Gasteiger charge is -2.24. The molecule has 0 amide bonds. The van der Waals surface area contributed by atoms with Gasteiger partial charge in [0.1, 0.15) is 0 Å². The fraction of sp³-hybridized carbons (Fsp3) is 0.222. The van der Waals surface area contributed by atoms with Gasteiger partial charge in [0, 0.05) is 16.1 Å². The molecule has 0 fully saturated rings. The van der Waals surface area contributed by atoms with Crippen molar-refractivity contribution in [3.8, 4) is 0 Å². The third-order valence-corrected chi connectivity index (χ3v) is 2.96. The van der Waals surface area contributed by atoms with Gasteiger partial charge < -0.3 is 0 Å². The lowest BCUT2D eigenvalue weighted by Crippen LogP contribution is -2.16. The molecule has 1 rings (SSSR count). The highest BCUT2D eigenvalue weighted by Gasteiger charge is 2.25. The van der Waals surface area contributed by atoms with E-state index in [1.165, 1.54) is 10.5 Å². The number of rotatable bonds is 2. The number of thiocarbonyl (C=S) groups is 1. The van der Waals surface area contributed by atoms with Crippen LogP contribution in [0.4, 0.5) is 0 Å². The highest BCUT2D eigenvalue weighted by molar-refractivity contribution is 8.03. The van der Waals surface area contributed by atoms with Crippen LogP contribution in [-0.4, -0.2) is 11.1 Å². The zero-order chi connectivity index (χ0) is 8.43. The van der Waals surface area contributed by atoms with E-state index in [4.69, 9.17) is 12.2 Å². The third kappa shape index (κ3) is 1.21. The van der Waals surface area contributed by atoms with Crippen molar-refractivity contribution in [2.45, 2.75) is 6.92 Å². The van der Waals surface area contributed by atoms with Crippen LogP contribution in [0, 0.1) is 0 Å². The molecule has 0 aromatic heterocycles. The maximum absolute atomic E-state index is 5.16. The molecule has 2 heteroatoms. The number of thioether (sulfide) groups is 1. The van der Waals surface area contributed by atoms with Gasteiger partial charge in [-0.25, -0.2) is 0 Å². The second-order valence-electron chi connectivity index (χ2n) is 2.18. The summed E-state index contributed by atoms with van der Waals surface area (Å²) < 4.78 is 0. The monoisotopic (exact) mass is 182 g/mol. The standard InChI is InChI=1S/C9H10S2/c1-4-6-8(10)7(5-2)9(6)11-3/h4-5H,1H2,2-3H3. The molecule has 0 aromatic carbocycles. The lowest BCUT2D eigenvalue weighted by atomic mass is 9.91. The van der Waals surface area contributed by atoms with E-state index in [2.05, 4.69) is 18.9 Å². The van der Waals surface area contributed by atoms with Crippen LogP contribution in [0.2, 0.25) is 0 Å². The summed E-state index contributed by atoms with van der Waals surface area (Å²) in [7, 11) is 0. The normalized spacial score (nSPS) is 20.5. The smallest absolute Gasteiger partial charge is 0.0541 e. The second-order valence-corrected chi connectivity index (χ2v) is 3.41. The molecule has 1 aliphatic carbocycles. The maximum Gasteiger partial charge on any atom is 0.0541 e. The van der Waals surface area contributed by atoms with E-state index in [9.17, 15) is 0 Å². The van der Waals surface area contributed by atoms with E-state index < -0.39 is 0 Å². The maximum atomic E-state index is 5.16. The molecule has 0 bridgehead atoms. The molecule has 0 saturated carbocycles. The first-order chi connectivity index (χ1) is 5.26. The fourth-order valence-electron chi connectivity index (χ4n) is 1.10. The minimum Gasteiger partial charge on any atom is -0.128 e. The summed E-state index contributed by atoms with van der Waals surface area (Å²) >= 11 is 6.89. The first kappa shape index (κ1) is 8.75. The van der Waals surface area contributed by atoms with Gasteiger partial charge in [-0.1, -0.05) is 30.9 Å². The van der Waals surface area contributed by atoms with Crippen LogP contribution in [0.1, 0.15) is 6.92 Å². The lowest BCUT2D eigenvalue weighted by molar-refractivity contribution is 1.54. The Kier molecular flexibility index (Phi) is 2.68. The Morgan fingerprint density at radius 3 is 2.55 bits per heavy atom. The van der Waals surface area contributed by atoms with Gasteiger partial charge in [-0.3, -0.25) is 0 Å². The van der Waals surface area contributed by atoms with Gasteiger partial charge in [0.25, 0.3) is 0 Å². The first-order valence-corrected chi connectivity index (χ1v) is 5.01. The largest absolute Gasteiger partial charge is 0.128 e. The van der Waals surface area contributed by atoms with Crippen LogP contribution in [0.15, 0.2) is 34.8 Å². The van der Waals surface area contributed by atoms with Crippen LogP contribution in [-0.2, 0) is 0 Å². The molecular formula is C9H10S2. The van der Waals surface area contributed by atoms with Gasteiger partial charge in [-0.2, -0.15) is 0 Å². The Bertz CT molecular complexity index is 269. The van der Waals surface area contributed by atoms with E-state index >= 15 is 0 Å². The third-order valence-electron chi connectivity index (χ3n) is 1.68. The van der Waals surface area contributed by atoms with E-state index in [1.807, 2.05) is 13.0 Å². The molecule has 1 aliphatic rings. The summed E-state index contributed by atoms with van der Waals surface area (Å²) in [5.41, 5.74) is 2.35. The van der Waals surface area contributed by atoms with Gasteiger partial charge >= 0.3 is 0 Å². The van der Waals surface area contributed by atoms with E-state index in [-0.39, 0.29) is 0 Å². The van der Waals surface area contributed by atoms with Crippen LogP contribution in [0.5, 0.6) is 0 Å². The predicted molar refractivity (Wildman–Crippen MR) is 57.1 cm³/mol. The quantitative estimate of drug-likeness (QED) is 0.475. The Labute approximate surface area is 77.1 Å². The minimum atomic E-state index is 0.965. The summed E-state index contributed by atoms with van der Waals surface area (Å²) in [5.74, 6) is 0. The minimum absolute atomic E-state index is 0.965. The molecule has 0 unspecified atom stereocenters. The summed E-state index contributed by atoms with van der Waals surface area (Å²) in [4.78, 5) is 2.25. The van der Waals surface area contributed by atoms with Gasteiger partial charge in [-0.05, 0) is 13.2 Å². The Hall–Kier alpha value is -0.340. The summed E-state index contributed by atoms with van der Waals surface area (Å²) in [6.45, 7) is 5.73. The van der Waals surface area contributed by atoms with Crippen LogP contribution in [0.3, 0.4) is 0 Å². The Balaban J connectivity index is 3.09. The van der Waals surface area contributed by atoms with Crippen molar-refractivity contribution in [3.63, 3.8) is 0 Å². The molecule has 0 atom stereocenters. The van der Waals surface area contributed by atoms with Gasteiger partial charge in [0.15, 0.2) is 0 Å². The average molecular weight is 182 g/mol. The number of hydrogen-bond acceptors (Lipinski definition) is 2. The van der Waals surface area contributed by atoms with Crippen molar-refractivity contribution >= 4 is 28.8 Å². The molecule has 0 saturated heterocycles. The van der Waals surface area contributed by atoms with E-state index in [0.717, 1.165) is 10.4 Å². The fourth-order valence-corrected chi connectivity index (χ4v) is 2.48. The highest BCUT2D eigenvalue weighted by atomic mass is 32.2. The highest BCUT2D eigenvalue weighted by Crippen LogP contribution is 2.38. The van der Waals surface area contributed by atoms with Crippen LogP contribution < -0.4 is 0 Å². The van der Waals surface area contributed by atoms with Crippen molar-refractivity contribution in [1.82, 2.24) is 0 Å². The molecular weight excluding hydrogens is 172 g/mol. The Morgan fingerprint density at radius 2 is 2.18 bits per heavy atom. The first-order valence-electron chi connectivity index (χ1n) is 3.38. The van der Waals surface area contributed by atoms with Crippen LogP contribution >= 0.6 is 24.0 Å². The summed E-state index contributed by atoms with van der Waals surface area (Å²) in [5, 5.41) is 0. The van der Waals surface area contributed by atoms with E-state index in [1.54, 1.807) is 11.8 Å². The van der Waals surface area contributed by atoms with Crippen molar-refractivity contribution < 1.29 is 0 Å². The molecule has 11 heavy (non-hydrogen) atoms. The van der Waals surface area contributed by atoms with Crippen molar-refractivity contribution in [1.29, 1.82) is 0 Å². The molecule has 0 heterocycles. The van der Waals surface area contributed by atoms with Crippen molar-refractivity contribution in [2.24, 2.45) is 0 Å². The topological polar surface area (TPSA) is 0 Å². The second kappa shape index (κ2) is 3.37. The van der Waals surface area contributed by atoms with Crippen molar-refractivity contribution in [3.05, 3.63) is 34.8 Å². The molecule has 0 spiro atoms.